The summed E-state index contributed by atoms with van der Waals surface area (Å²) in [5, 5.41) is 8.30. The maximum Gasteiger partial charge on any atom is 0.371 e. The van der Waals surface area contributed by atoms with E-state index in [0.717, 1.165) is 0 Å². The predicted octanol–water partition coefficient (Wildman–Crippen LogP) is 1.71. The molecule has 4 heteroatoms. The summed E-state index contributed by atoms with van der Waals surface area (Å²) in [6.45, 7) is 1.70. The van der Waals surface area contributed by atoms with Gasteiger partial charge in [-0.2, -0.15) is 0 Å². The van der Waals surface area contributed by atoms with Crippen molar-refractivity contribution in [2.45, 2.75) is 6.92 Å². The fourth-order valence-corrected chi connectivity index (χ4v) is 0.549. The van der Waals surface area contributed by atoms with Gasteiger partial charge >= 0.3 is 5.97 Å². The molecule has 1 rings (SSSR count). The van der Waals surface area contributed by atoms with Crippen LogP contribution in [0.3, 0.4) is 0 Å². The normalized spacial score (nSPS) is 8.50. The van der Waals surface area contributed by atoms with Gasteiger partial charge in [0.15, 0.2) is 0 Å². The highest BCUT2D eigenvalue weighted by Gasteiger charge is 2.04. The van der Waals surface area contributed by atoms with Gasteiger partial charge in [0, 0.05) is 0 Å². The number of carboxylic acids is 1. The summed E-state index contributed by atoms with van der Waals surface area (Å²) in [7, 11) is 0. The topological polar surface area (TPSA) is 50.4 Å². The van der Waals surface area contributed by atoms with E-state index in [2.05, 4.69) is 0 Å². The molecular formula is C6H7ClO3. The highest BCUT2D eigenvalue weighted by atomic mass is 35.5. The Bertz CT molecular complexity index is 229. The van der Waals surface area contributed by atoms with E-state index in [9.17, 15) is 4.79 Å². The Morgan fingerprint density at radius 2 is 2.20 bits per heavy atom. The first-order valence-corrected chi connectivity index (χ1v) is 2.50. The van der Waals surface area contributed by atoms with Gasteiger partial charge in [-0.15, -0.1) is 12.4 Å². The molecule has 0 bridgehead atoms. The van der Waals surface area contributed by atoms with E-state index in [1.807, 2.05) is 0 Å². The van der Waals surface area contributed by atoms with E-state index < -0.39 is 5.97 Å². The van der Waals surface area contributed by atoms with Crippen LogP contribution in [0.4, 0.5) is 0 Å². The lowest BCUT2D eigenvalue weighted by molar-refractivity contribution is 0.0661. The highest BCUT2D eigenvalue weighted by Crippen LogP contribution is 2.04. The van der Waals surface area contributed by atoms with Crippen molar-refractivity contribution in [2.75, 3.05) is 0 Å². The largest absolute Gasteiger partial charge is 0.475 e. The molecule has 0 amide bonds. The first-order chi connectivity index (χ1) is 4.20. The van der Waals surface area contributed by atoms with E-state index in [0.29, 0.717) is 5.76 Å². The summed E-state index contributed by atoms with van der Waals surface area (Å²) in [6, 6.07) is 3.04. The third-order valence-corrected chi connectivity index (χ3v) is 0.951. The second kappa shape index (κ2) is 3.27. The minimum atomic E-state index is -1.02. The number of furan rings is 1. The molecule has 3 nitrogen and oxygen atoms in total. The van der Waals surface area contributed by atoms with E-state index in [-0.39, 0.29) is 18.2 Å². The van der Waals surface area contributed by atoms with Gasteiger partial charge in [0.25, 0.3) is 0 Å². The van der Waals surface area contributed by atoms with Crippen LogP contribution in [-0.4, -0.2) is 11.1 Å². The number of aromatic carboxylic acids is 1. The SMILES string of the molecule is Cc1ccc(C(=O)O)o1.Cl. The molecule has 1 aromatic heterocycles. The molecule has 0 aliphatic heterocycles. The molecule has 0 saturated heterocycles. The second-order valence-electron chi connectivity index (χ2n) is 1.72. The molecule has 0 saturated carbocycles. The molecule has 1 heterocycles. The molecular weight excluding hydrogens is 156 g/mol. The summed E-state index contributed by atoms with van der Waals surface area (Å²) in [5.74, 6) is -0.414. The summed E-state index contributed by atoms with van der Waals surface area (Å²) >= 11 is 0. The standard InChI is InChI=1S/C6H6O3.ClH/c1-4-2-3-5(9-4)6(7)8;/h2-3H,1H3,(H,7,8);1H. The maximum absolute atomic E-state index is 10.1. The van der Waals surface area contributed by atoms with Crippen molar-refractivity contribution in [3.8, 4) is 0 Å². The van der Waals surface area contributed by atoms with Crippen LogP contribution in [0, 0.1) is 6.92 Å². The molecule has 0 unspecified atom stereocenters. The molecule has 1 aromatic rings. The van der Waals surface area contributed by atoms with Crippen LogP contribution < -0.4 is 0 Å². The number of hydrogen-bond donors (Lipinski definition) is 1. The zero-order valence-corrected chi connectivity index (χ0v) is 6.14. The number of aryl methyl sites for hydroxylation is 1. The van der Waals surface area contributed by atoms with Crippen molar-refractivity contribution in [2.24, 2.45) is 0 Å². The minimum absolute atomic E-state index is 0. The van der Waals surface area contributed by atoms with Gasteiger partial charge < -0.3 is 9.52 Å². The smallest absolute Gasteiger partial charge is 0.371 e. The van der Waals surface area contributed by atoms with Gasteiger partial charge in [0.05, 0.1) is 0 Å². The third kappa shape index (κ3) is 1.77. The van der Waals surface area contributed by atoms with Crippen molar-refractivity contribution >= 4 is 18.4 Å². The van der Waals surface area contributed by atoms with Crippen molar-refractivity contribution in [1.29, 1.82) is 0 Å². The number of carbonyl (C=O) groups is 1. The van der Waals surface area contributed by atoms with Gasteiger partial charge in [0.2, 0.25) is 5.76 Å². The van der Waals surface area contributed by atoms with Crippen molar-refractivity contribution < 1.29 is 14.3 Å². The molecule has 56 valence electrons. The quantitative estimate of drug-likeness (QED) is 0.684. The van der Waals surface area contributed by atoms with Crippen molar-refractivity contribution in [3.63, 3.8) is 0 Å². The molecule has 0 spiro atoms. The van der Waals surface area contributed by atoms with E-state index in [1.54, 1.807) is 13.0 Å². The number of rotatable bonds is 1. The fraction of sp³-hybridized carbons (Fsp3) is 0.167. The van der Waals surface area contributed by atoms with Gasteiger partial charge in [-0.3, -0.25) is 0 Å². The van der Waals surface area contributed by atoms with Crippen LogP contribution in [0.1, 0.15) is 16.3 Å². The average molecular weight is 163 g/mol. The Morgan fingerprint density at radius 3 is 2.40 bits per heavy atom. The van der Waals surface area contributed by atoms with Crippen molar-refractivity contribution in [3.05, 3.63) is 23.7 Å². The third-order valence-electron chi connectivity index (χ3n) is 0.951. The fourth-order valence-electron chi connectivity index (χ4n) is 0.549. The molecule has 0 fully saturated rings. The predicted molar refractivity (Wildman–Crippen MR) is 37.7 cm³/mol. The van der Waals surface area contributed by atoms with Crippen LogP contribution in [0.5, 0.6) is 0 Å². The molecule has 0 radical (unpaired) electrons. The van der Waals surface area contributed by atoms with E-state index in [1.165, 1.54) is 6.07 Å². The first kappa shape index (κ1) is 9.04. The van der Waals surface area contributed by atoms with Crippen LogP contribution in [0.15, 0.2) is 16.5 Å². The van der Waals surface area contributed by atoms with Gasteiger partial charge in [0.1, 0.15) is 5.76 Å². The first-order valence-electron chi connectivity index (χ1n) is 2.50. The molecule has 0 aliphatic carbocycles. The lowest BCUT2D eigenvalue weighted by atomic mass is 10.4. The van der Waals surface area contributed by atoms with Crippen LogP contribution in [0.2, 0.25) is 0 Å². The number of hydrogen-bond acceptors (Lipinski definition) is 2. The summed E-state index contributed by atoms with van der Waals surface area (Å²) in [4.78, 5) is 10.1. The zero-order valence-electron chi connectivity index (χ0n) is 5.33. The molecule has 1 N–H and O–H groups in total. The maximum atomic E-state index is 10.1. The molecule has 0 aromatic carbocycles. The Balaban J connectivity index is 0.000000810. The van der Waals surface area contributed by atoms with Crippen molar-refractivity contribution in [1.82, 2.24) is 0 Å². The van der Waals surface area contributed by atoms with Gasteiger partial charge in [-0.25, -0.2) is 4.79 Å². The molecule has 0 aliphatic rings. The van der Waals surface area contributed by atoms with Crippen LogP contribution >= 0.6 is 12.4 Å². The Hall–Kier alpha value is -0.960. The van der Waals surface area contributed by atoms with Crippen LogP contribution in [0.25, 0.3) is 0 Å². The molecule has 10 heavy (non-hydrogen) atoms. The summed E-state index contributed by atoms with van der Waals surface area (Å²) in [5.41, 5.74) is 0. The Kier molecular flexibility index (Phi) is 2.96. The van der Waals surface area contributed by atoms with E-state index in [4.69, 9.17) is 9.52 Å². The summed E-state index contributed by atoms with van der Waals surface area (Å²) in [6.07, 6.45) is 0. The molecule has 0 atom stereocenters. The minimum Gasteiger partial charge on any atom is -0.475 e. The summed E-state index contributed by atoms with van der Waals surface area (Å²) < 4.78 is 4.75. The number of halogens is 1. The zero-order chi connectivity index (χ0) is 6.85. The van der Waals surface area contributed by atoms with Gasteiger partial charge in [-0.05, 0) is 19.1 Å². The Labute approximate surface area is 64.1 Å². The van der Waals surface area contributed by atoms with Crippen LogP contribution in [-0.2, 0) is 0 Å². The average Bonchev–Trinajstić information content (AvgIpc) is 2.14. The number of carboxylic acid groups (broad SMARTS) is 1. The lowest BCUT2D eigenvalue weighted by Gasteiger charge is -1.82. The Morgan fingerprint density at radius 1 is 1.60 bits per heavy atom. The second-order valence-corrected chi connectivity index (χ2v) is 1.72. The lowest BCUT2D eigenvalue weighted by Crippen LogP contribution is -1.91. The monoisotopic (exact) mass is 162 g/mol. The van der Waals surface area contributed by atoms with Gasteiger partial charge in [-0.1, -0.05) is 0 Å². The van der Waals surface area contributed by atoms with E-state index >= 15 is 0 Å². The highest BCUT2D eigenvalue weighted by molar-refractivity contribution is 5.85.